The molecular weight excluding hydrogens is 314 g/mol. The Morgan fingerprint density at radius 3 is 2.48 bits per heavy atom. The number of amides is 1. The molecule has 0 atom stereocenters. The molecule has 1 N–H and O–H groups in total. The van der Waals surface area contributed by atoms with Crippen LogP contribution in [0.25, 0.3) is 0 Å². The van der Waals surface area contributed by atoms with Gasteiger partial charge in [0.05, 0.1) is 12.7 Å². The first kappa shape index (κ1) is 17.3. The number of hydrogen-bond acceptors (Lipinski definition) is 3. The van der Waals surface area contributed by atoms with E-state index >= 15 is 0 Å². The predicted octanol–water partition coefficient (Wildman–Crippen LogP) is 4.97. The third-order valence-corrected chi connectivity index (χ3v) is 4.45. The van der Waals surface area contributed by atoms with Gasteiger partial charge in [-0.25, -0.2) is 0 Å². The zero-order valence-electron chi connectivity index (χ0n) is 14.9. The summed E-state index contributed by atoms with van der Waals surface area (Å²) in [5.41, 5.74) is 2.33. The first-order valence-electron chi connectivity index (χ1n) is 8.97. The lowest BCUT2D eigenvalue weighted by Crippen LogP contribution is -2.13. The van der Waals surface area contributed by atoms with Gasteiger partial charge in [-0.2, -0.15) is 0 Å². The summed E-state index contributed by atoms with van der Waals surface area (Å²) in [6.07, 6.45) is 5.11. The van der Waals surface area contributed by atoms with Crippen molar-refractivity contribution in [3.63, 3.8) is 0 Å². The summed E-state index contributed by atoms with van der Waals surface area (Å²) in [6, 6.07) is 13.1. The number of nitrogens with one attached hydrogen (secondary N) is 1. The third-order valence-electron chi connectivity index (χ3n) is 4.45. The Morgan fingerprint density at radius 2 is 1.84 bits per heavy atom. The highest BCUT2D eigenvalue weighted by molar-refractivity contribution is 6.04. The monoisotopic (exact) mass is 339 g/mol. The smallest absolute Gasteiger partial charge is 0.255 e. The van der Waals surface area contributed by atoms with Crippen molar-refractivity contribution in [2.24, 2.45) is 0 Å². The van der Waals surface area contributed by atoms with Crippen LogP contribution in [0.15, 0.2) is 42.5 Å². The molecule has 1 aliphatic carbocycles. The van der Waals surface area contributed by atoms with Crippen molar-refractivity contribution in [3.05, 3.63) is 53.6 Å². The summed E-state index contributed by atoms with van der Waals surface area (Å²) in [5, 5.41) is 2.92. The van der Waals surface area contributed by atoms with Crippen molar-refractivity contribution < 1.29 is 14.3 Å². The van der Waals surface area contributed by atoms with Crippen LogP contribution in [0, 0.1) is 6.92 Å². The van der Waals surface area contributed by atoms with Gasteiger partial charge in [0.2, 0.25) is 0 Å². The molecule has 0 radical (unpaired) electrons. The summed E-state index contributed by atoms with van der Waals surface area (Å²) in [6.45, 7) is 4.50. The van der Waals surface area contributed by atoms with E-state index in [4.69, 9.17) is 9.47 Å². The lowest BCUT2D eigenvalue weighted by Gasteiger charge is -2.13. The molecule has 4 nitrogen and oxygen atoms in total. The van der Waals surface area contributed by atoms with Crippen molar-refractivity contribution in [2.75, 3.05) is 11.9 Å². The Kier molecular flexibility index (Phi) is 5.59. The highest BCUT2D eigenvalue weighted by Gasteiger charge is 2.16. The fourth-order valence-electron chi connectivity index (χ4n) is 3.13. The zero-order valence-corrected chi connectivity index (χ0v) is 14.9. The van der Waals surface area contributed by atoms with Crippen molar-refractivity contribution in [2.45, 2.75) is 45.6 Å². The molecule has 2 aromatic carbocycles. The molecule has 1 fully saturated rings. The van der Waals surface area contributed by atoms with Crippen LogP contribution in [-0.2, 0) is 0 Å². The Bertz CT molecular complexity index is 718. The maximum Gasteiger partial charge on any atom is 0.255 e. The first-order valence-corrected chi connectivity index (χ1v) is 8.97. The molecule has 25 heavy (non-hydrogen) atoms. The van der Waals surface area contributed by atoms with Gasteiger partial charge >= 0.3 is 0 Å². The Hall–Kier alpha value is -2.49. The van der Waals surface area contributed by atoms with Crippen LogP contribution in [0.1, 0.15) is 48.5 Å². The van der Waals surface area contributed by atoms with Gasteiger partial charge in [0.15, 0.2) is 0 Å². The van der Waals surface area contributed by atoms with Gasteiger partial charge in [0.25, 0.3) is 5.91 Å². The number of carbonyl (C=O) groups is 1. The number of aryl methyl sites for hydroxylation is 1. The van der Waals surface area contributed by atoms with Crippen LogP contribution < -0.4 is 14.8 Å². The Morgan fingerprint density at radius 1 is 1.12 bits per heavy atom. The maximum absolute atomic E-state index is 12.4. The SMILES string of the molecule is CCOc1ccc(C(=O)Nc2ccc(OC3CCCC3)cc2)cc1C. The summed E-state index contributed by atoms with van der Waals surface area (Å²) < 4.78 is 11.5. The van der Waals surface area contributed by atoms with Crippen molar-refractivity contribution in [3.8, 4) is 11.5 Å². The van der Waals surface area contributed by atoms with E-state index in [1.165, 1.54) is 12.8 Å². The Labute approximate surface area is 149 Å². The van der Waals surface area contributed by atoms with Crippen molar-refractivity contribution in [1.29, 1.82) is 0 Å². The zero-order chi connectivity index (χ0) is 17.6. The van der Waals surface area contributed by atoms with Gasteiger partial charge in [-0.1, -0.05) is 0 Å². The molecule has 2 aromatic rings. The normalized spacial score (nSPS) is 14.3. The number of anilines is 1. The molecule has 1 aliphatic rings. The quantitative estimate of drug-likeness (QED) is 0.808. The van der Waals surface area contributed by atoms with Crippen LogP contribution in [0.3, 0.4) is 0 Å². The Balaban J connectivity index is 1.61. The molecule has 0 aliphatic heterocycles. The molecule has 0 spiro atoms. The maximum atomic E-state index is 12.4. The van der Waals surface area contributed by atoms with E-state index in [-0.39, 0.29) is 5.91 Å². The first-order chi connectivity index (χ1) is 12.2. The van der Waals surface area contributed by atoms with Gasteiger partial charge in [-0.3, -0.25) is 4.79 Å². The van der Waals surface area contributed by atoms with Gasteiger partial charge in [0, 0.05) is 11.3 Å². The molecule has 1 saturated carbocycles. The molecule has 0 heterocycles. The van der Waals surface area contributed by atoms with Gasteiger partial charge < -0.3 is 14.8 Å². The van der Waals surface area contributed by atoms with Crippen LogP contribution >= 0.6 is 0 Å². The molecule has 132 valence electrons. The highest BCUT2D eigenvalue weighted by atomic mass is 16.5. The molecular formula is C21H25NO3. The summed E-state index contributed by atoms with van der Waals surface area (Å²) in [4.78, 5) is 12.4. The molecule has 0 aromatic heterocycles. The molecule has 0 bridgehead atoms. The van der Waals surface area contributed by atoms with E-state index in [0.717, 1.165) is 35.6 Å². The van der Waals surface area contributed by atoms with Crippen LogP contribution in [0.5, 0.6) is 11.5 Å². The van der Waals surface area contributed by atoms with Gasteiger partial charge in [0.1, 0.15) is 11.5 Å². The highest BCUT2D eigenvalue weighted by Crippen LogP contribution is 2.25. The van der Waals surface area contributed by atoms with Gasteiger partial charge in [-0.15, -0.1) is 0 Å². The number of carbonyl (C=O) groups excluding carboxylic acids is 1. The summed E-state index contributed by atoms with van der Waals surface area (Å²) >= 11 is 0. The largest absolute Gasteiger partial charge is 0.494 e. The molecule has 1 amide bonds. The lowest BCUT2D eigenvalue weighted by molar-refractivity contribution is 0.102. The van der Waals surface area contributed by atoms with Gasteiger partial charge in [-0.05, 0) is 87.6 Å². The van der Waals surface area contributed by atoms with Crippen molar-refractivity contribution >= 4 is 11.6 Å². The fourth-order valence-corrected chi connectivity index (χ4v) is 3.13. The average Bonchev–Trinajstić information content (AvgIpc) is 3.11. The molecule has 4 heteroatoms. The van der Waals surface area contributed by atoms with E-state index in [2.05, 4.69) is 5.32 Å². The number of hydrogen-bond donors (Lipinski definition) is 1. The van der Waals surface area contributed by atoms with E-state index < -0.39 is 0 Å². The molecule has 0 unspecified atom stereocenters. The van der Waals surface area contributed by atoms with Crippen LogP contribution in [-0.4, -0.2) is 18.6 Å². The second-order valence-corrected chi connectivity index (χ2v) is 6.42. The molecule has 0 saturated heterocycles. The number of rotatable bonds is 6. The second-order valence-electron chi connectivity index (χ2n) is 6.42. The summed E-state index contributed by atoms with van der Waals surface area (Å²) in [5.74, 6) is 1.55. The minimum Gasteiger partial charge on any atom is -0.494 e. The van der Waals surface area contributed by atoms with E-state index in [9.17, 15) is 4.79 Å². The predicted molar refractivity (Wildman–Crippen MR) is 99.6 cm³/mol. The number of benzene rings is 2. The lowest BCUT2D eigenvalue weighted by atomic mass is 10.1. The standard InChI is InChI=1S/C21H25NO3/c1-3-24-20-13-8-16(14-15(20)2)21(23)22-17-9-11-19(12-10-17)25-18-6-4-5-7-18/h8-14,18H,3-7H2,1-2H3,(H,22,23). The minimum absolute atomic E-state index is 0.129. The van der Waals surface area contributed by atoms with E-state index in [1.54, 1.807) is 6.07 Å². The fraction of sp³-hybridized carbons (Fsp3) is 0.381. The number of ether oxygens (including phenoxy) is 2. The topological polar surface area (TPSA) is 47.6 Å². The third kappa shape index (κ3) is 4.53. The average molecular weight is 339 g/mol. The summed E-state index contributed by atoms with van der Waals surface area (Å²) in [7, 11) is 0. The van der Waals surface area contributed by atoms with Crippen LogP contribution in [0.4, 0.5) is 5.69 Å². The second kappa shape index (κ2) is 8.06. The van der Waals surface area contributed by atoms with E-state index in [0.29, 0.717) is 18.3 Å². The van der Waals surface area contributed by atoms with Crippen LogP contribution in [0.2, 0.25) is 0 Å². The van der Waals surface area contributed by atoms with E-state index in [1.807, 2.05) is 50.2 Å². The minimum atomic E-state index is -0.129. The molecule has 3 rings (SSSR count). The van der Waals surface area contributed by atoms with Crippen molar-refractivity contribution in [1.82, 2.24) is 0 Å².